The zero-order valence-corrected chi connectivity index (χ0v) is 9.30. The summed E-state index contributed by atoms with van der Waals surface area (Å²) in [4.78, 5) is 11.4. The highest BCUT2D eigenvalue weighted by Crippen LogP contribution is 2.27. The third-order valence-corrected chi connectivity index (χ3v) is 2.62. The van der Waals surface area contributed by atoms with E-state index in [0.717, 1.165) is 24.7 Å². The maximum Gasteiger partial charge on any atom is 0.238 e. The van der Waals surface area contributed by atoms with Gasteiger partial charge in [-0.1, -0.05) is 0 Å². The van der Waals surface area contributed by atoms with E-state index in [2.05, 4.69) is 10.6 Å². The fraction of sp³-hybridized carbons (Fsp3) is 0.417. The maximum atomic E-state index is 13.2. The smallest absolute Gasteiger partial charge is 0.238 e. The SMILES string of the molecule is O=C(CNCC1CC1)Nc1cc(F)ccc1F. The predicted octanol–water partition coefficient (Wildman–Crippen LogP) is 1.90. The van der Waals surface area contributed by atoms with Crippen molar-refractivity contribution in [2.75, 3.05) is 18.4 Å². The first kappa shape index (κ1) is 12.0. The maximum absolute atomic E-state index is 13.2. The van der Waals surface area contributed by atoms with Crippen LogP contribution in [0.25, 0.3) is 0 Å². The van der Waals surface area contributed by atoms with Gasteiger partial charge in [0.2, 0.25) is 5.91 Å². The van der Waals surface area contributed by atoms with Gasteiger partial charge in [-0.3, -0.25) is 4.79 Å². The molecule has 0 heterocycles. The number of rotatable bonds is 5. The minimum absolute atomic E-state index is 0.118. The molecule has 1 fully saturated rings. The van der Waals surface area contributed by atoms with Crippen molar-refractivity contribution in [3.63, 3.8) is 0 Å². The molecule has 2 N–H and O–H groups in total. The molecule has 0 unspecified atom stereocenters. The summed E-state index contributed by atoms with van der Waals surface area (Å²) < 4.78 is 26.0. The van der Waals surface area contributed by atoms with Crippen molar-refractivity contribution in [1.29, 1.82) is 0 Å². The molecule has 2 rings (SSSR count). The normalized spacial score (nSPS) is 14.7. The molecule has 1 aromatic rings. The summed E-state index contributed by atoms with van der Waals surface area (Å²) in [6, 6.07) is 2.97. The topological polar surface area (TPSA) is 41.1 Å². The number of carbonyl (C=O) groups excluding carboxylic acids is 1. The molecule has 1 aliphatic carbocycles. The molecule has 3 nitrogen and oxygen atoms in total. The van der Waals surface area contributed by atoms with E-state index in [-0.39, 0.29) is 18.1 Å². The van der Waals surface area contributed by atoms with E-state index in [1.807, 2.05) is 0 Å². The Hall–Kier alpha value is -1.49. The van der Waals surface area contributed by atoms with Crippen LogP contribution in [0.5, 0.6) is 0 Å². The van der Waals surface area contributed by atoms with Crippen LogP contribution in [0.2, 0.25) is 0 Å². The Bertz CT molecular complexity index is 419. The lowest BCUT2D eigenvalue weighted by molar-refractivity contribution is -0.115. The van der Waals surface area contributed by atoms with Gasteiger partial charge in [-0.25, -0.2) is 8.78 Å². The number of hydrogen-bond donors (Lipinski definition) is 2. The molecule has 0 atom stereocenters. The van der Waals surface area contributed by atoms with Gasteiger partial charge in [0.05, 0.1) is 12.2 Å². The van der Waals surface area contributed by atoms with Crippen LogP contribution < -0.4 is 10.6 Å². The van der Waals surface area contributed by atoms with Crippen molar-refractivity contribution in [1.82, 2.24) is 5.32 Å². The van der Waals surface area contributed by atoms with Gasteiger partial charge in [-0.05, 0) is 37.4 Å². The summed E-state index contributed by atoms with van der Waals surface area (Å²) in [6.45, 7) is 0.922. The van der Waals surface area contributed by atoms with Crippen LogP contribution in [0, 0.1) is 17.6 Å². The fourth-order valence-corrected chi connectivity index (χ4v) is 1.50. The zero-order valence-electron chi connectivity index (χ0n) is 9.30. The molecular weight excluding hydrogens is 226 g/mol. The van der Waals surface area contributed by atoms with Gasteiger partial charge in [-0.15, -0.1) is 0 Å². The van der Waals surface area contributed by atoms with Crippen LogP contribution in [0.3, 0.4) is 0 Å². The van der Waals surface area contributed by atoms with Crippen LogP contribution in [0.4, 0.5) is 14.5 Å². The number of anilines is 1. The lowest BCUT2D eigenvalue weighted by Gasteiger charge is -2.07. The highest BCUT2D eigenvalue weighted by atomic mass is 19.1. The minimum atomic E-state index is -0.637. The van der Waals surface area contributed by atoms with Gasteiger partial charge < -0.3 is 10.6 Å². The largest absolute Gasteiger partial charge is 0.322 e. The molecule has 1 saturated carbocycles. The summed E-state index contributed by atoms with van der Waals surface area (Å²) in [5.41, 5.74) is -0.122. The van der Waals surface area contributed by atoms with Crippen molar-refractivity contribution in [2.45, 2.75) is 12.8 Å². The van der Waals surface area contributed by atoms with Crippen molar-refractivity contribution in [2.24, 2.45) is 5.92 Å². The van der Waals surface area contributed by atoms with E-state index in [1.54, 1.807) is 0 Å². The Kier molecular flexibility index (Phi) is 3.68. The van der Waals surface area contributed by atoms with Crippen LogP contribution in [0.1, 0.15) is 12.8 Å². The highest BCUT2D eigenvalue weighted by molar-refractivity contribution is 5.92. The van der Waals surface area contributed by atoms with E-state index < -0.39 is 11.6 Å². The Morgan fingerprint density at radius 3 is 2.82 bits per heavy atom. The summed E-state index contributed by atoms with van der Waals surface area (Å²) in [7, 11) is 0. The molecule has 1 amide bonds. The van der Waals surface area contributed by atoms with Crippen LogP contribution in [-0.2, 0) is 4.79 Å². The lowest BCUT2D eigenvalue weighted by atomic mass is 10.3. The second kappa shape index (κ2) is 5.23. The summed E-state index contributed by atoms with van der Waals surface area (Å²) in [5.74, 6) is -0.904. The Morgan fingerprint density at radius 2 is 2.12 bits per heavy atom. The average Bonchev–Trinajstić information content (AvgIpc) is 3.07. The van der Waals surface area contributed by atoms with Crippen LogP contribution in [0.15, 0.2) is 18.2 Å². The molecule has 92 valence electrons. The molecule has 0 aliphatic heterocycles. The second-order valence-electron chi connectivity index (χ2n) is 4.25. The monoisotopic (exact) mass is 240 g/mol. The Labute approximate surface area is 98.2 Å². The van der Waals surface area contributed by atoms with Gasteiger partial charge in [0.1, 0.15) is 11.6 Å². The molecule has 17 heavy (non-hydrogen) atoms. The van der Waals surface area contributed by atoms with E-state index >= 15 is 0 Å². The molecule has 1 aliphatic rings. The summed E-state index contributed by atoms with van der Waals surface area (Å²) in [5, 5.41) is 5.30. The number of halogens is 2. The number of nitrogens with one attached hydrogen (secondary N) is 2. The van der Waals surface area contributed by atoms with Crippen molar-refractivity contribution >= 4 is 11.6 Å². The van der Waals surface area contributed by atoms with E-state index in [9.17, 15) is 13.6 Å². The fourth-order valence-electron chi connectivity index (χ4n) is 1.50. The molecule has 5 heteroatoms. The van der Waals surface area contributed by atoms with Gasteiger partial charge in [-0.2, -0.15) is 0 Å². The van der Waals surface area contributed by atoms with Crippen molar-refractivity contribution < 1.29 is 13.6 Å². The molecule has 0 aromatic heterocycles. The molecule has 0 spiro atoms. The van der Waals surface area contributed by atoms with Gasteiger partial charge in [0.15, 0.2) is 0 Å². The molecule has 1 aromatic carbocycles. The third-order valence-electron chi connectivity index (χ3n) is 2.62. The van der Waals surface area contributed by atoms with Crippen LogP contribution in [-0.4, -0.2) is 19.0 Å². The predicted molar refractivity (Wildman–Crippen MR) is 60.6 cm³/mol. The molecule has 0 radical (unpaired) electrons. The second-order valence-corrected chi connectivity index (χ2v) is 4.25. The zero-order chi connectivity index (χ0) is 12.3. The molecular formula is C12H14F2N2O. The minimum Gasteiger partial charge on any atom is -0.322 e. The summed E-state index contributed by atoms with van der Waals surface area (Å²) in [6.07, 6.45) is 2.40. The quantitative estimate of drug-likeness (QED) is 0.825. The first-order chi connectivity index (χ1) is 8.15. The lowest BCUT2D eigenvalue weighted by Crippen LogP contribution is -2.29. The Balaban J connectivity index is 1.81. The van der Waals surface area contributed by atoms with E-state index in [4.69, 9.17) is 0 Å². The number of benzene rings is 1. The van der Waals surface area contributed by atoms with Crippen LogP contribution >= 0.6 is 0 Å². The van der Waals surface area contributed by atoms with Gasteiger partial charge in [0.25, 0.3) is 0 Å². The average molecular weight is 240 g/mol. The van der Waals surface area contributed by atoms with Crippen molar-refractivity contribution in [3.05, 3.63) is 29.8 Å². The van der Waals surface area contributed by atoms with E-state index in [0.29, 0.717) is 5.92 Å². The first-order valence-corrected chi connectivity index (χ1v) is 5.61. The highest BCUT2D eigenvalue weighted by Gasteiger charge is 2.20. The Morgan fingerprint density at radius 1 is 1.35 bits per heavy atom. The van der Waals surface area contributed by atoms with E-state index in [1.165, 1.54) is 12.8 Å². The van der Waals surface area contributed by atoms with Gasteiger partial charge >= 0.3 is 0 Å². The first-order valence-electron chi connectivity index (χ1n) is 5.61. The number of hydrogen-bond acceptors (Lipinski definition) is 2. The van der Waals surface area contributed by atoms with Crippen molar-refractivity contribution in [3.8, 4) is 0 Å². The number of carbonyl (C=O) groups is 1. The standard InChI is InChI=1S/C12H14F2N2O/c13-9-3-4-10(14)11(5-9)16-12(17)7-15-6-8-1-2-8/h3-5,8,15H,1-2,6-7H2,(H,16,17). The molecule has 0 bridgehead atoms. The number of amides is 1. The summed E-state index contributed by atoms with van der Waals surface area (Å²) >= 11 is 0. The van der Waals surface area contributed by atoms with Gasteiger partial charge in [0, 0.05) is 6.07 Å². The third kappa shape index (κ3) is 3.78. The molecule has 0 saturated heterocycles.